The van der Waals surface area contributed by atoms with Crippen LogP contribution in [0.1, 0.15) is 34.1 Å². The van der Waals surface area contributed by atoms with Crippen molar-refractivity contribution in [1.29, 1.82) is 0 Å². The molecule has 0 saturated heterocycles. The summed E-state index contributed by atoms with van der Waals surface area (Å²) in [5.74, 6) is -0.224. The maximum absolute atomic E-state index is 13.5. The summed E-state index contributed by atoms with van der Waals surface area (Å²) in [5.41, 5.74) is 1.80. The smallest absolute Gasteiger partial charge is 0.274 e. The first-order valence-corrected chi connectivity index (χ1v) is 8.45. The Kier molecular flexibility index (Phi) is 4.31. The number of carbonyl (C=O) groups excluding carboxylic acids is 1. The minimum Gasteiger partial charge on any atom is -0.463 e. The summed E-state index contributed by atoms with van der Waals surface area (Å²) in [4.78, 5) is 13.0. The van der Waals surface area contributed by atoms with Gasteiger partial charge in [0.2, 0.25) is 0 Å². The normalized spacial score (nSPS) is 16.6. The maximum Gasteiger partial charge on any atom is 0.274 e. The van der Waals surface area contributed by atoms with E-state index in [4.69, 9.17) is 16.0 Å². The lowest BCUT2D eigenvalue weighted by atomic mass is 10.0. The number of hydrazone groups is 1. The van der Waals surface area contributed by atoms with E-state index < -0.39 is 5.82 Å². The predicted octanol–water partition coefficient (Wildman–Crippen LogP) is 5.06. The molecular weight excluding hydrogens is 355 g/mol. The second-order valence-electron chi connectivity index (χ2n) is 5.96. The Balaban J connectivity index is 1.73. The van der Waals surface area contributed by atoms with Gasteiger partial charge in [0.1, 0.15) is 17.3 Å². The number of furan rings is 1. The van der Waals surface area contributed by atoms with Gasteiger partial charge in [0.05, 0.1) is 12.3 Å². The van der Waals surface area contributed by atoms with Crippen molar-refractivity contribution in [2.45, 2.75) is 12.5 Å². The third kappa shape index (κ3) is 3.13. The van der Waals surface area contributed by atoms with Crippen LogP contribution in [0, 0.1) is 5.82 Å². The average molecular weight is 369 g/mol. The number of hydrogen-bond donors (Lipinski definition) is 0. The molecule has 6 heteroatoms. The van der Waals surface area contributed by atoms with Crippen molar-refractivity contribution in [3.05, 3.63) is 94.7 Å². The van der Waals surface area contributed by atoms with Gasteiger partial charge < -0.3 is 4.42 Å². The van der Waals surface area contributed by atoms with Gasteiger partial charge in [-0.15, -0.1) is 0 Å². The van der Waals surface area contributed by atoms with E-state index >= 15 is 0 Å². The summed E-state index contributed by atoms with van der Waals surface area (Å²) in [6.07, 6.45) is 2.06. The van der Waals surface area contributed by atoms with Crippen molar-refractivity contribution in [1.82, 2.24) is 5.01 Å². The molecule has 1 amide bonds. The highest BCUT2D eigenvalue weighted by molar-refractivity contribution is 6.30. The van der Waals surface area contributed by atoms with E-state index in [1.807, 2.05) is 12.1 Å². The predicted molar refractivity (Wildman–Crippen MR) is 96.6 cm³/mol. The Morgan fingerprint density at radius 2 is 1.96 bits per heavy atom. The first-order valence-electron chi connectivity index (χ1n) is 8.08. The van der Waals surface area contributed by atoms with Crippen LogP contribution in [0.5, 0.6) is 0 Å². The quantitative estimate of drug-likeness (QED) is 0.648. The molecule has 0 N–H and O–H groups in total. The molecule has 0 fully saturated rings. The highest BCUT2D eigenvalue weighted by Gasteiger charge is 2.34. The molecule has 1 aliphatic heterocycles. The van der Waals surface area contributed by atoms with E-state index in [2.05, 4.69) is 5.10 Å². The van der Waals surface area contributed by atoms with E-state index in [1.54, 1.807) is 36.6 Å². The summed E-state index contributed by atoms with van der Waals surface area (Å²) in [6, 6.07) is 16.1. The van der Waals surface area contributed by atoms with Crippen molar-refractivity contribution in [3.8, 4) is 0 Å². The van der Waals surface area contributed by atoms with Crippen molar-refractivity contribution in [3.63, 3.8) is 0 Å². The minimum absolute atomic E-state index is 0.244. The molecule has 130 valence electrons. The lowest BCUT2D eigenvalue weighted by molar-refractivity contribution is 0.0710. The van der Waals surface area contributed by atoms with Crippen molar-refractivity contribution in [2.24, 2.45) is 5.10 Å². The maximum atomic E-state index is 13.5. The number of hydrogen-bond acceptors (Lipinski definition) is 3. The van der Waals surface area contributed by atoms with Gasteiger partial charge in [0.15, 0.2) is 0 Å². The van der Waals surface area contributed by atoms with E-state index in [1.165, 1.54) is 23.2 Å². The Labute approximate surface area is 154 Å². The number of halogens is 2. The van der Waals surface area contributed by atoms with Crippen LogP contribution < -0.4 is 0 Å². The van der Waals surface area contributed by atoms with E-state index in [0.717, 1.165) is 5.56 Å². The summed E-state index contributed by atoms with van der Waals surface area (Å²) >= 11 is 5.97. The Bertz CT molecular complexity index is 968. The van der Waals surface area contributed by atoms with Gasteiger partial charge in [-0.2, -0.15) is 5.10 Å². The zero-order valence-electron chi connectivity index (χ0n) is 13.6. The lowest BCUT2D eigenvalue weighted by Crippen LogP contribution is -2.27. The zero-order chi connectivity index (χ0) is 18.1. The zero-order valence-corrected chi connectivity index (χ0v) is 14.4. The van der Waals surface area contributed by atoms with Gasteiger partial charge in [-0.1, -0.05) is 29.8 Å². The van der Waals surface area contributed by atoms with E-state index in [9.17, 15) is 9.18 Å². The van der Waals surface area contributed by atoms with Crippen LogP contribution in [0.2, 0.25) is 5.02 Å². The Morgan fingerprint density at radius 1 is 1.15 bits per heavy atom. The molecule has 4 rings (SSSR count). The number of benzene rings is 2. The van der Waals surface area contributed by atoms with Crippen LogP contribution in [-0.4, -0.2) is 16.6 Å². The van der Waals surface area contributed by atoms with Gasteiger partial charge in [0, 0.05) is 17.0 Å². The molecule has 0 saturated carbocycles. The second kappa shape index (κ2) is 6.77. The molecule has 4 nitrogen and oxygen atoms in total. The number of nitrogens with zero attached hydrogens (tertiary/aromatic N) is 2. The lowest BCUT2D eigenvalue weighted by Gasteiger charge is -2.22. The van der Waals surface area contributed by atoms with E-state index in [0.29, 0.717) is 22.9 Å². The fourth-order valence-electron chi connectivity index (χ4n) is 2.99. The van der Waals surface area contributed by atoms with Gasteiger partial charge in [-0.05, 0) is 48.0 Å². The fraction of sp³-hybridized carbons (Fsp3) is 0.100. The molecule has 1 aliphatic rings. The van der Waals surface area contributed by atoms with Crippen LogP contribution >= 0.6 is 11.6 Å². The van der Waals surface area contributed by atoms with Gasteiger partial charge in [0.25, 0.3) is 5.91 Å². The second-order valence-corrected chi connectivity index (χ2v) is 6.39. The molecular formula is C20H14ClFN2O2. The van der Waals surface area contributed by atoms with Crippen LogP contribution in [-0.2, 0) is 0 Å². The van der Waals surface area contributed by atoms with Crippen molar-refractivity contribution >= 4 is 23.2 Å². The van der Waals surface area contributed by atoms with Crippen LogP contribution in [0.3, 0.4) is 0 Å². The summed E-state index contributed by atoms with van der Waals surface area (Å²) in [5, 5.41) is 6.47. The largest absolute Gasteiger partial charge is 0.463 e. The van der Waals surface area contributed by atoms with E-state index in [-0.39, 0.29) is 17.5 Å². The molecule has 1 aromatic heterocycles. The minimum atomic E-state index is -0.465. The molecule has 26 heavy (non-hydrogen) atoms. The molecule has 0 aliphatic carbocycles. The van der Waals surface area contributed by atoms with Crippen LogP contribution in [0.25, 0.3) is 0 Å². The average Bonchev–Trinajstić information content (AvgIpc) is 3.31. The number of amides is 1. The first-order chi connectivity index (χ1) is 12.6. The SMILES string of the molecule is O=C(c1cccc(F)c1)N1N=C(c2ccco2)CC1c1ccc(Cl)cc1. The monoisotopic (exact) mass is 368 g/mol. The highest BCUT2D eigenvalue weighted by atomic mass is 35.5. The Hall–Kier alpha value is -2.92. The highest BCUT2D eigenvalue weighted by Crippen LogP contribution is 2.34. The molecule has 1 unspecified atom stereocenters. The first kappa shape index (κ1) is 16.5. The summed E-state index contributed by atoms with van der Waals surface area (Å²) < 4.78 is 19.0. The third-order valence-electron chi connectivity index (χ3n) is 4.25. The van der Waals surface area contributed by atoms with Gasteiger partial charge >= 0.3 is 0 Å². The summed E-state index contributed by atoms with van der Waals surface area (Å²) in [6.45, 7) is 0. The molecule has 1 atom stereocenters. The third-order valence-corrected chi connectivity index (χ3v) is 4.50. The standard InChI is InChI=1S/C20H14ClFN2O2/c21-15-8-6-13(7-9-15)18-12-17(19-5-2-10-26-19)23-24(18)20(25)14-3-1-4-16(22)11-14/h1-11,18H,12H2. The molecule has 3 aromatic rings. The molecule has 2 heterocycles. The molecule has 0 bridgehead atoms. The fourth-order valence-corrected chi connectivity index (χ4v) is 3.11. The van der Waals surface area contributed by atoms with Crippen LogP contribution in [0.4, 0.5) is 4.39 Å². The van der Waals surface area contributed by atoms with Crippen LogP contribution in [0.15, 0.2) is 76.4 Å². The summed E-state index contributed by atoms with van der Waals surface area (Å²) in [7, 11) is 0. The topological polar surface area (TPSA) is 45.8 Å². The van der Waals surface area contributed by atoms with Crippen molar-refractivity contribution < 1.29 is 13.6 Å². The van der Waals surface area contributed by atoms with Gasteiger partial charge in [-0.25, -0.2) is 9.40 Å². The number of carbonyl (C=O) groups is 1. The molecule has 0 radical (unpaired) electrons. The molecule has 2 aromatic carbocycles. The van der Waals surface area contributed by atoms with Crippen molar-refractivity contribution in [2.75, 3.05) is 0 Å². The Morgan fingerprint density at radius 3 is 2.65 bits per heavy atom. The molecule has 0 spiro atoms. The number of rotatable bonds is 3. The van der Waals surface area contributed by atoms with Gasteiger partial charge in [-0.3, -0.25) is 4.79 Å².